The highest BCUT2D eigenvalue weighted by molar-refractivity contribution is 7.89. The van der Waals surface area contributed by atoms with Crippen molar-refractivity contribution < 1.29 is 18.4 Å². The molecule has 0 spiro atoms. The zero-order chi connectivity index (χ0) is 17.6. The highest BCUT2D eigenvalue weighted by Gasteiger charge is 2.23. The van der Waals surface area contributed by atoms with Crippen molar-refractivity contribution in [2.75, 3.05) is 23.7 Å². The SMILES string of the molecule is CCS(=O)(=O)NC1CCN(c2ccccc2/C=C/C(=O)NO)CC1. The van der Waals surface area contributed by atoms with Crippen LogP contribution in [0.1, 0.15) is 25.3 Å². The summed E-state index contributed by atoms with van der Waals surface area (Å²) in [7, 11) is -3.18. The number of benzene rings is 1. The second-order valence-corrected chi connectivity index (χ2v) is 7.69. The van der Waals surface area contributed by atoms with Crippen LogP contribution in [0.15, 0.2) is 30.3 Å². The summed E-state index contributed by atoms with van der Waals surface area (Å²) in [5.74, 6) is -0.495. The first-order valence-corrected chi connectivity index (χ1v) is 9.56. The molecule has 0 aliphatic carbocycles. The Bertz CT molecular complexity index is 695. The zero-order valence-corrected chi connectivity index (χ0v) is 14.4. The molecule has 1 aliphatic rings. The Labute approximate surface area is 142 Å². The van der Waals surface area contributed by atoms with E-state index in [1.165, 1.54) is 6.08 Å². The molecule has 3 N–H and O–H groups in total. The number of para-hydroxylation sites is 1. The molecule has 8 heteroatoms. The molecule has 1 aromatic carbocycles. The van der Waals surface area contributed by atoms with Crippen LogP contribution in [0.5, 0.6) is 0 Å². The van der Waals surface area contributed by atoms with Crippen molar-refractivity contribution in [3.63, 3.8) is 0 Å². The predicted molar refractivity (Wildman–Crippen MR) is 93.2 cm³/mol. The van der Waals surface area contributed by atoms with Gasteiger partial charge in [0.2, 0.25) is 10.0 Å². The molecule has 24 heavy (non-hydrogen) atoms. The van der Waals surface area contributed by atoms with Gasteiger partial charge in [-0.3, -0.25) is 10.0 Å². The molecule has 7 nitrogen and oxygen atoms in total. The van der Waals surface area contributed by atoms with Crippen molar-refractivity contribution in [1.82, 2.24) is 10.2 Å². The van der Waals surface area contributed by atoms with E-state index in [0.29, 0.717) is 0 Å². The highest BCUT2D eigenvalue weighted by Crippen LogP contribution is 2.25. The second-order valence-electron chi connectivity index (χ2n) is 5.65. The van der Waals surface area contributed by atoms with E-state index in [9.17, 15) is 13.2 Å². The maximum atomic E-state index is 11.7. The third-order valence-corrected chi connectivity index (χ3v) is 5.48. The van der Waals surface area contributed by atoms with Crippen molar-refractivity contribution in [3.8, 4) is 0 Å². The Hall–Kier alpha value is -1.90. The first kappa shape index (κ1) is 18.4. The number of nitrogens with one attached hydrogen (secondary N) is 2. The van der Waals surface area contributed by atoms with Crippen molar-refractivity contribution in [2.24, 2.45) is 0 Å². The summed E-state index contributed by atoms with van der Waals surface area (Å²) in [4.78, 5) is 13.3. The fraction of sp³-hybridized carbons (Fsp3) is 0.438. The summed E-state index contributed by atoms with van der Waals surface area (Å²) >= 11 is 0. The molecule has 1 aromatic rings. The number of nitrogens with zero attached hydrogens (tertiary/aromatic N) is 1. The van der Waals surface area contributed by atoms with Gasteiger partial charge in [-0.15, -0.1) is 0 Å². The largest absolute Gasteiger partial charge is 0.371 e. The second kappa shape index (κ2) is 8.27. The lowest BCUT2D eigenvalue weighted by molar-refractivity contribution is -0.124. The Morgan fingerprint density at radius 2 is 2.00 bits per heavy atom. The lowest BCUT2D eigenvalue weighted by Crippen LogP contribution is -2.45. The van der Waals surface area contributed by atoms with E-state index >= 15 is 0 Å². The molecule has 0 saturated carbocycles. The van der Waals surface area contributed by atoms with Crippen LogP contribution in [0.3, 0.4) is 0 Å². The maximum absolute atomic E-state index is 11.7. The fourth-order valence-electron chi connectivity index (χ4n) is 2.69. The number of hydrogen-bond acceptors (Lipinski definition) is 5. The van der Waals surface area contributed by atoms with Gasteiger partial charge in [0.15, 0.2) is 0 Å². The Morgan fingerprint density at radius 3 is 2.62 bits per heavy atom. The van der Waals surface area contributed by atoms with Crippen molar-refractivity contribution >= 4 is 27.7 Å². The molecular weight excluding hydrogens is 330 g/mol. The molecule has 1 aliphatic heterocycles. The Kier molecular flexibility index (Phi) is 6.36. The average molecular weight is 353 g/mol. The van der Waals surface area contributed by atoms with Crippen LogP contribution in [0.4, 0.5) is 5.69 Å². The molecule has 1 amide bonds. The van der Waals surface area contributed by atoms with Crippen LogP contribution in [0, 0.1) is 0 Å². The van der Waals surface area contributed by atoms with Gasteiger partial charge in [-0.1, -0.05) is 18.2 Å². The third-order valence-electron chi connectivity index (χ3n) is 4.02. The number of carbonyl (C=O) groups excluding carboxylic acids is 1. The number of rotatable bonds is 6. The van der Waals surface area contributed by atoms with Crippen LogP contribution >= 0.6 is 0 Å². The first-order chi connectivity index (χ1) is 11.4. The van der Waals surface area contributed by atoms with Gasteiger partial charge >= 0.3 is 0 Å². The summed E-state index contributed by atoms with van der Waals surface area (Å²) in [6, 6.07) is 7.62. The molecular formula is C16H23N3O4S. The standard InChI is InChI=1S/C16H23N3O4S/c1-2-24(22,23)18-14-9-11-19(12-10-14)15-6-4-3-5-13(15)7-8-16(20)17-21/h3-8,14,18,21H,2,9-12H2,1H3,(H,17,20)/b8-7+. The van der Waals surface area contributed by atoms with Gasteiger partial charge in [0.25, 0.3) is 5.91 Å². The normalized spacial score (nSPS) is 16.5. The van der Waals surface area contributed by atoms with Gasteiger partial charge in [0.05, 0.1) is 5.75 Å². The molecule has 0 radical (unpaired) electrons. The minimum absolute atomic E-state index is 0.0333. The van der Waals surface area contributed by atoms with E-state index in [-0.39, 0.29) is 11.8 Å². The van der Waals surface area contributed by atoms with Gasteiger partial charge in [0, 0.05) is 30.9 Å². The monoisotopic (exact) mass is 353 g/mol. The van der Waals surface area contributed by atoms with E-state index in [2.05, 4.69) is 9.62 Å². The predicted octanol–water partition coefficient (Wildman–Crippen LogP) is 1.11. The van der Waals surface area contributed by atoms with Gasteiger partial charge in [-0.25, -0.2) is 18.6 Å². The number of amides is 1. The lowest BCUT2D eigenvalue weighted by atomic mass is 10.0. The zero-order valence-electron chi connectivity index (χ0n) is 13.6. The number of anilines is 1. The van der Waals surface area contributed by atoms with Gasteiger partial charge in [0.1, 0.15) is 0 Å². The quantitative estimate of drug-likeness (QED) is 0.404. The molecule has 0 unspecified atom stereocenters. The van der Waals surface area contributed by atoms with Crippen LogP contribution in [0.25, 0.3) is 6.08 Å². The van der Waals surface area contributed by atoms with Crippen molar-refractivity contribution in [2.45, 2.75) is 25.8 Å². The summed E-state index contributed by atoms with van der Waals surface area (Å²) in [5, 5.41) is 8.56. The number of sulfonamides is 1. The van der Waals surface area contributed by atoms with Gasteiger partial charge in [-0.05, 0) is 37.5 Å². The molecule has 132 valence electrons. The van der Waals surface area contributed by atoms with E-state index in [1.54, 1.807) is 18.5 Å². The summed E-state index contributed by atoms with van der Waals surface area (Å²) < 4.78 is 26.0. The van der Waals surface area contributed by atoms with Gasteiger partial charge in [-0.2, -0.15) is 0 Å². The molecule has 1 fully saturated rings. The van der Waals surface area contributed by atoms with Crippen LogP contribution in [-0.4, -0.2) is 44.4 Å². The number of hydroxylamine groups is 1. The highest BCUT2D eigenvalue weighted by atomic mass is 32.2. The van der Waals surface area contributed by atoms with Gasteiger partial charge < -0.3 is 4.90 Å². The van der Waals surface area contributed by atoms with Crippen LogP contribution < -0.4 is 15.1 Å². The summed E-state index contributed by atoms with van der Waals surface area (Å²) in [5.41, 5.74) is 3.41. The number of piperidine rings is 1. The van der Waals surface area contributed by atoms with E-state index in [0.717, 1.165) is 37.2 Å². The van der Waals surface area contributed by atoms with Crippen LogP contribution in [-0.2, 0) is 14.8 Å². The van der Waals surface area contributed by atoms with Crippen molar-refractivity contribution in [1.29, 1.82) is 0 Å². The molecule has 0 aromatic heterocycles. The van der Waals surface area contributed by atoms with E-state index in [1.807, 2.05) is 24.3 Å². The van der Waals surface area contributed by atoms with E-state index < -0.39 is 15.9 Å². The summed E-state index contributed by atoms with van der Waals surface area (Å²) in [6.45, 7) is 3.09. The number of hydrogen-bond donors (Lipinski definition) is 3. The lowest BCUT2D eigenvalue weighted by Gasteiger charge is -2.34. The third kappa shape index (κ3) is 5.05. The maximum Gasteiger partial charge on any atom is 0.267 e. The molecule has 1 heterocycles. The van der Waals surface area contributed by atoms with E-state index in [4.69, 9.17) is 5.21 Å². The minimum Gasteiger partial charge on any atom is -0.371 e. The molecule has 1 saturated heterocycles. The molecule has 0 atom stereocenters. The summed E-state index contributed by atoms with van der Waals surface area (Å²) in [6.07, 6.45) is 4.37. The number of carbonyl (C=O) groups is 1. The van der Waals surface area contributed by atoms with Crippen LogP contribution in [0.2, 0.25) is 0 Å². The first-order valence-electron chi connectivity index (χ1n) is 7.91. The topological polar surface area (TPSA) is 98.7 Å². The molecule has 2 rings (SSSR count). The Morgan fingerprint density at radius 1 is 1.33 bits per heavy atom. The van der Waals surface area contributed by atoms with Crippen molar-refractivity contribution in [3.05, 3.63) is 35.9 Å². The fourth-order valence-corrected chi connectivity index (χ4v) is 3.60. The smallest absolute Gasteiger partial charge is 0.267 e. The Balaban J connectivity index is 2.04. The molecule has 0 bridgehead atoms. The minimum atomic E-state index is -3.18. The average Bonchev–Trinajstić information content (AvgIpc) is 2.60.